The van der Waals surface area contributed by atoms with Gasteiger partial charge in [0.1, 0.15) is 6.10 Å². The molecule has 120 valence electrons. The summed E-state index contributed by atoms with van der Waals surface area (Å²) in [5.41, 5.74) is 0. The van der Waals surface area contributed by atoms with Gasteiger partial charge in [0.15, 0.2) is 11.5 Å². The molecule has 2 unspecified atom stereocenters. The maximum absolute atomic E-state index is 12.7. The fourth-order valence-corrected chi connectivity index (χ4v) is 3.19. The lowest BCUT2D eigenvalue weighted by atomic mass is 10.1. The summed E-state index contributed by atoms with van der Waals surface area (Å²) < 4.78 is 14.5. The van der Waals surface area contributed by atoms with Crippen LogP contribution in [-0.2, 0) is 4.79 Å². The summed E-state index contributed by atoms with van der Waals surface area (Å²) in [7, 11) is 0. The van der Waals surface area contributed by atoms with E-state index in [1.807, 2.05) is 42.1 Å². The van der Waals surface area contributed by atoms with E-state index in [-0.39, 0.29) is 18.1 Å². The Hall–Kier alpha value is -2.02. The summed E-state index contributed by atoms with van der Waals surface area (Å²) in [6, 6.07) is 7.65. The molecule has 6 nitrogen and oxygen atoms in total. The number of ether oxygens (including phenoxy) is 2. The second kappa shape index (κ2) is 5.56. The maximum Gasteiger partial charge on any atom is 0.267 e. The number of hydrogen-bond acceptors (Lipinski definition) is 4. The molecule has 0 bridgehead atoms. The molecule has 1 aromatic carbocycles. The van der Waals surface area contributed by atoms with Gasteiger partial charge in [0.25, 0.3) is 5.91 Å². The Balaban J connectivity index is 1.42. The van der Waals surface area contributed by atoms with Gasteiger partial charge in [-0.25, -0.2) is 0 Å². The fraction of sp³-hybridized carbons (Fsp3) is 0.375. The van der Waals surface area contributed by atoms with Gasteiger partial charge in [-0.05, 0) is 35.0 Å². The first-order valence-electron chi connectivity index (χ1n) is 7.52. The van der Waals surface area contributed by atoms with Crippen LogP contribution >= 0.6 is 15.9 Å². The highest BCUT2D eigenvalue weighted by Gasteiger charge is 2.41. The van der Waals surface area contributed by atoms with Crippen LogP contribution in [0.2, 0.25) is 0 Å². The molecule has 4 rings (SSSR count). The van der Waals surface area contributed by atoms with Gasteiger partial charge >= 0.3 is 0 Å². The first kappa shape index (κ1) is 14.6. The molecule has 1 saturated heterocycles. The van der Waals surface area contributed by atoms with E-state index in [1.165, 1.54) is 0 Å². The zero-order valence-corrected chi connectivity index (χ0v) is 14.1. The molecule has 2 aliphatic heterocycles. The van der Waals surface area contributed by atoms with Crippen LogP contribution in [0.5, 0.6) is 11.5 Å². The average molecular weight is 378 g/mol. The first-order chi connectivity index (χ1) is 11.1. The second-order valence-electron chi connectivity index (χ2n) is 5.84. The standard InChI is InChI=1S/C16H16BrN3O3/c1-10-15(23-14-5-3-2-4-13(14)22-10)16(21)19-8-12(9-19)20-7-11(17)6-18-20/h2-7,10,12,15H,8-9H2,1H3. The number of hydrogen-bond donors (Lipinski definition) is 0. The molecule has 0 saturated carbocycles. The van der Waals surface area contributed by atoms with Crippen molar-refractivity contribution in [3.05, 3.63) is 41.1 Å². The van der Waals surface area contributed by atoms with E-state index in [4.69, 9.17) is 9.47 Å². The second-order valence-corrected chi connectivity index (χ2v) is 6.76. The molecule has 2 atom stereocenters. The van der Waals surface area contributed by atoms with E-state index in [9.17, 15) is 4.79 Å². The van der Waals surface area contributed by atoms with Gasteiger partial charge in [-0.3, -0.25) is 9.48 Å². The molecule has 3 heterocycles. The normalized spacial score (nSPS) is 23.5. The fourth-order valence-electron chi connectivity index (χ4n) is 2.89. The number of carbonyl (C=O) groups is 1. The Morgan fingerprint density at radius 1 is 1.26 bits per heavy atom. The van der Waals surface area contributed by atoms with Gasteiger partial charge in [-0.15, -0.1) is 0 Å². The molecule has 1 amide bonds. The van der Waals surface area contributed by atoms with Gasteiger partial charge < -0.3 is 14.4 Å². The minimum absolute atomic E-state index is 0.0329. The number of nitrogens with zero attached hydrogens (tertiary/aromatic N) is 3. The Kier molecular flexibility index (Phi) is 3.52. The Labute approximate surface area is 142 Å². The Bertz CT molecular complexity index is 742. The van der Waals surface area contributed by atoms with Gasteiger partial charge in [0.05, 0.1) is 16.7 Å². The minimum Gasteiger partial charge on any atom is -0.482 e. The van der Waals surface area contributed by atoms with E-state index in [1.54, 1.807) is 11.1 Å². The predicted molar refractivity (Wildman–Crippen MR) is 86.5 cm³/mol. The quantitative estimate of drug-likeness (QED) is 0.805. The SMILES string of the molecule is CC1Oc2ccccc2OC1C(=O)N1CC(n2cc(Br)cn2)C1. The van der Waals surface area contributed by atoms with Crippen LogP contribution in [0, 0.1) is 0 Å². The number of benzene rings is 1. The molecule has 23 heavy (non-hydrogen) atoms. The highest BCUT2D eigenvalue weighted by atomic mass is 79.9. The van der Waals surface area contributed by atoms with Crippen molar-refractivity contribution >= 4 is 21.8 Å². The zero-order chi connectivity index (χ0) is 16.0. The Morgan fingerprint density at radius 2 is 1.96 bits per heavy atom. The van der Waals surface area contributed by atoms with Crippen LogP contribution in [0.3, 0.4) is 0 Å². The summed E-state index contributed by atoms with van der Waals surface area (Å²) in [6.45, 7) is 3.14. The largest absolute Gasteiger partial charge is 0.482 e. The summed E-state index contributed by atoms with van der Waals surface area (Å²) in [5.74, 6) is 1.28. The van der Waals surface area contributed by atoms with Gasteiger partial charge in [-0.1, -0.05) is 12.1 Å². The van der Waals surface area contributed by atoms with E-state index in [0.29, 0.717) is 24.6 Å². The molecule has 1 fully saturated rings. The number of halogens is 1. The van der Waals surface area contributed by atoms with E-state index in [0.717, 1.165) is 4.47 Å². The summed E-state index contributed by atoms with van der Waals surface area (Å²) in [5, 5.41) is 4.26. The molecule has 0 N–H and O–H groups in total. The monoisotopic (exact) mass is 377 g/mol. The average Bonchev–Trinajstić information content (AvgIpc) is 2.91. The van der Waals surface area contributed by atoms with Crippen molar-refractivity contribution in [1.82, 2.24) is 14.7 Å². The van der Waals surface area contributed by atoms with E-state index >= 15 is 0 Å². The summed E-state index contributed by atoms with van der Waals surface area (Å²) >= 11 is 3.38. The molecular weight excluding hydrogens is 362 g/mol. The third-order valence-electron chi connectivity index (χ3n) is 4.20. The van der Waals surface area contributed by atoms with Crippen LogP contribution in [0.15, 0.2) is 41.1 Å². The molecule has 0 radical (unpaired) electrons. The number of carbonyl (C=O) groups excluding carboxylic acids is 1. The molecule has 7 heteroatoms. The van der Waals surface area contributed by atoms with Crippen molar-refractivity contribution in [3.63, 3.8) is 0 Å². The van der Waals surface area contributed by atoms with Crippen LogP contribution in [0.4, 0.5) is 0 Å². The van der Waals surface area contributed by atoms with Crippen molar-refractivity contribution in [2.45, 2.75) is 25.2 Å². The van der Waals surface area contributed by atoms with Crippen LogP contribution in [0.1, 0.15) is 13.0 Å². The van der Waals surface area contributed by atoms with Crippen molar-refractivity contribution in [2.24, 2.45) is 0 Å². The van der Waals surface area contributed by atoms with Crippen LogP contribution in [0.25, 0.3) is 0 Å². The predicted octanol–water partition coefficient (Wildman–Crippen LogP) is 2.26. The number of para-hydroxylation sites is 2. The highest BCUT2D eigenvalue weighted by molar-refractivity contribution is 9.10. The third-order valence-corrected chi connectivity index (χ3v) is 4.61. The summed E-state index contributed by atoms with van der Waals surface area (Å²) in [6.07, 6.45) is 2.76. The molecule has 0 spiro atoms. The van der Waals surface area contributed by atoms with Gasteiger partial charge in [0, 0.05) is 19.3 Å². The number of likely N-dealkylation sites (tertiary alicyclic amines) is 1. The first-order valence-corrected chi connectivity index (χ1v) is 8.32. The maximum atomic E-state index is 12.7. The molecule has 0 aliphatic carbocycles. The molecule has 2 aliphatic rings. The topological polar surface area (TPSA) is 56.6 Å². The summed E-state index contributed by atoms with van der Waals surface area (Å²) in [4.78, 5) is 14.5. The zero-order valence-electron chi connectivity index (χ0n) is 12.6. The minimum atomic E-state index is -0.602. The van der Waals surface area contributed by atoms with Gasteiger partial charge in [0.2, 0.25) is 6.10 Å². The van der Waals surface area contributed by atoms with Crippen molar-refractivity contribution in [3.8, 4) is 11.5 Å². The van der Waals surface area contributed by atoms with Gasteiger partial charge in [-0.2, -0.15) is 5.10 Å². The number of fused-ring (bicyclic) bond motifs is 1. The lowest BCUT2D eigenvalue weighted by molar-refractivity contribution is -0.150. The highest BCUT2D eigenvalue weighted by Crippen LogP contribution is 2.34. The lowest BCUT2D eigenvalue weighted by Crippen LogP contribution is -2.58. The number of amides is 1. The van der Waals surface area contributed by atoms with Crippen molar-refractivity contribution < 1.29 is 14.3 Å². The van der Waals surface area contributed by atoms with E-state index in [2.05, 4.69) is 21.0 Å². The smallest absolute Gasteiger partial charge is 0.267 e. The molecular formula is C16H16BrN3O3. The third kappa shape index (κ3) is 2.59. The van der Waals surface area contributed by atoms with Crippen LogP contribution in [-0.4, -0.2) is 45.9 Å². The lowest BCUT2D eigenvalue weighted by Gasteiger charge is -2.42. The molecule has 2 aromatic rings. The molecule has 1 aromatic heterocycles. The van der Waals surface area contributed by atoms with E-state index < -0.39 is 6.10 Å². The van der Waals surface area contributed by atoms with Crippen LogP contribution < -0.4 is 9.47 Å². The number of aromatic nitrogens is 2. The Morgan fingerprint density at radius 3 is 2.61 bits per heavy atom. The van der Waals surface area contributed by atoms with Crippen molar-refractivity contribution in [1.29, 1.82) is 0 Å². The number of rotatable bonds is 2. The van der Waals surface area contributed by atoms with Crippen molar-refractivity contribution in [2.75, 3.05) is 13.1 Å².